The van der Waals surface area contributed by atoms with E-state index in [0.29, 0.717) is 91.2 Å². The molecule has 0 aliphatic rings. The second-order valence-electron chi connectivity index (χ2n) is 20.0. The SMILES string of the molecule is COc1ccc(Cc2n[nH]c(=O)c3ccccc23)cc1C(=O)O.Cc1cc(Cc2n[nH]c(=O)c3ccccc23)ccc1C(F)(F)F.O=C(O)c1cc(Cc2n[nH]c(=O)c3ccccc23)ccc1F.O=C(O)c1cccc(Cc2n[nH]c(=O)c3ccccc23)c1. The lowest BCUT2D eigenvalue weighted by Gasteiger charge is -2.12. The van der Waals surface area contributed by atoms with Crippen molar-refractivity contribution in [1.29, 1.82) is 0 Å². The number of methoxy groups -OCH3 is 1. The molecule has 0 saturated carbocycles. The fourth-order valence-electron chi connectivity index (χ4n) is 9.84. The molecule has 12 rings (SSSR count). The second kappa shape index (κ2) is 27.1. The summed E-state index contributed by atoms with van der Waals surface area (Å²) in [6.07, 6.45) is -2.86. The van der Waals surface area contributed by atoms with E-state index in [1.54, 1.807) is 109 Å². The van der Waals surface area contributed by atoms with Crippen LogP contribution in [0.1, 0.15) is 87.2 Å². The molecule has 448 valence electrons. The lowest BCUT2D eigenvalue weighted by atomic mass is 10.00. The molecule has 23 heteroatoms. The lowest BCUT2D eigenvalue weighted by Crippen LogP contribution is -2.11. The fourth-order valence-corrected chi connectivity index (χ4v) is 9.84. The number of aromatic nitrogens is 8. The van der Waals surface area contributed by atoms with Gasteiger partial charge < -0.3 is 20.1 Å². The van der Waals surface area contributed by atoms with Crippen LogP contribution in [0.25, 0.3) is 43.1 Å². The second-order valence-corrected chi connectivity index (χ2v) is 20.0. The summed E-state index contributed by atoms with van der Waals surface area (Å²) >= 11 is 0. The molecule has 0 aliphatic heterocycles. The Morgan fingerprint density at radius 1 is 0.427 bits per heavy atom. The van der Waals surface area contributed by atoms with Crippen LogP contribution < -0.4 is 27.0 Å². The molecular formula is C66H50F4N8O11. The Kier molecular flexibility index (Phi) is 18.8. The van der Waals surface area contributed by atoms with Crippen molar-refractivity contribution in [2.75, 3.05) is 7.11 Å². The van der Waals surface area contributed by atoms with E-state index in [-0.39, 0.29) is 50.9 Å². The zero-order chi connectivity index (χ0) is 63.5. The Balaban J connectivity index is 0.000000141. The molecule has 0 bridgehead atoms. The summed E-state index contributed by atoms with van der Waals surface area (Å²) in [6.45, 7) is 1.44. The molecule has 7 N–H and O–H groups in total. The van der Waals surface area contributed by atoms with Crippen LogP contribution in [0.4, 0.5) is 17.6 Å². The van der Waals surface area contributed by atoms with E-state index in [9.17, 15) is 56.2 Å². The molecule has 4 aromatic heterocycles. The number of nitrogens with zero attached hydrogens (tertiary/aromatic N) is 4. The van der Waals surface area contributed by atoms with Gasteiger partial charge in [0.2, 0.25) is 0 Å². The minimum absolute atomic E-state index is 0.0960. The Bertz CT molecular complexity index is 4930. The Hall–Kier alpha value is -11.8. The zero-order valence-corrected chi connectivity index (χ0v) is 47.0. The van der Waals surface area contributed by atoms with Gasteiger partial charge in [-0.05, 0) is 101 Å². The number of carboxylic acids is 3. The summed E-state index contributed by atoms with van der Waals surface area (Å²) in [6, 6.07) is 48.0. The highest BCUT2D eigenvalue weighted by Gasteiger charge is 2.32. The molecule has 4 heterocycles. The summed E-state index contributed by atoms with van der Waals surface area (Å²) in [5.41, 5.74) is 3.97. The third-order valence-electron chi connectivity index (χ3n) is 14.1. The zero-order valence-electron chi connectivity index (χ0n) is 47.0. The van der Waals surface area contributed by atoms with E-state index in [4.69, 9.17) is 14.9 Å². The molecule has 0 amide bonds. The monoisotopic (exact) mass is 1210 g/mol. The van der Waals surface area contributed by atoms with Crippen LogP contribution in [0, 0.1) is 12.7 Å². The predicted octanol–water partition coefficient (Wildman–Crippen LogP) is 10.6. The first-order valence-electron chi connectivity index (χ1n) is 26.9. The number of hydrogen-bond acceptors (Lipinski definition) is 12. The topological polar surface area (TPSA) is 304 Å². The maximum atomic E-state index is 13.4. The third-order valence-corrected chi connectivity index (χ3v) is 14.1. The van der Waals surface area contributed by atoms with Crippen LogP contribution in [-0.4, -0.2) is 81.1 Å². The maximum absolute atomic E-state index is 13.4. The van der Waals surface area contributed by atoms with Crippen molar-refractivity contribution in [3.8, 4) is 5.75 Å². The summed E-state index contributed by atoms with van der Waals surface area (Å²) in [5.74, 6) is -3.81. The molecule has 12 aromatic rings. The average Bonchev–Trinajstić information content (AvgIpc) is 3.51. The van der Waals surface area contributed by atoms with Crippen LogP contribution in [0.5, 0.6) is 5.75 Å². The molecule has 19 nitrogen and oxygen atoms in total. The number of aromatic amines is 4. The predicted molar refractivity (Wildman–Crippen MR) is 324 cm³/mol. The van der Waals surface area contributed by atoms with Gasteiger partial charge in [0.25, 0.3) is 22.2 Å². The van der Waals surface area contributed by atoms with Crippen LogP contribution in [0.3, 0.4) is 0 Å². The molecule has 0 atom stereocenters. The Labute approximate surface area is 499 Å². The van der Waals surface area contributed by atoms with Crippen LogP contribution in [-0.2, 0) is 31.9 Å². The summed E-state index contributed by atoms with van der Waals surface area (Å²) in [4.78, 5) is 80.3. The fraction of sp³-hybridized carbons (Fsp3) is 0.106. The number of H-pyrrole nitrogens is 4. The first-order valence-corrected chi connectivity index (χ1v) is 26.9. The van der Waals surface area contributed by atoms with E-state index < -0.39 is 35.5 Å². The van der Waals surface area contributed by atoms with Gasteiger partial charge in [0.05, 0.1) is 68.1 Å². The van der Waals surface area contributed by atoms with Crippen molar-refractivity contribution < 1.29 is 52.0 Å². The van der Waals surface area contributed by atoms with E-state index in [2.05, 4.69) is 40.8 Å². The van der Waals surface area contributed by atoms with Crippen molar-refractivity contribution in [3.63, 3.8) is 0 Å². The minimum Gasteiger partial charge on any atom is -0.496 e. The van der Waals surface area contributed by atoms with Gasteiger partial charge in [0.15, 0.2) is 0 Å². The van der Waals surface area contributed by atoms with Crippen molar-refractivity contribution >= 4 is 61.0 Å². The number of fused-ring (bicyclic) bond motifs is 4. The normalized spacial score (nSPS) is 11.0. The quantitative estimate of drug-likeness (QED) is 0.0560. The van der Waals surface area contributed by atoms with E-state index >= 15 is 0 Å². The highest BCUT2D eigenvalue weighted by atomic mass is 19.4. The molecule has 0 aliphatic carbocycles. The molecular weight excluding hydrogens is 1160 g/mol. The van der Waals surface area contributed by atoms with Gasteiger partial charge in [0.1, 0.15) is 17.1 Å². The highest BCUT2D eigenvalue weighted by molar-refractivity contribution is 5.92. The van der Waals surface area contributed by atoms with E-state index in [1.807, 2.05) is 30.3 Å². The van der Waals surface area contributed by atoms with Gasteiger partial charge in [-0.2, -0.15) is 33.6 Å². The van der Waals surface area contributed by atoms with Crippen molar-refractivity contribution in [2.45, 2.75) is 38.8 Å². The van der Waals surface area contributed by atoms with Gasteiger partial charge in [-0.15, -0.1) is 0 Å². The number of rotatable bonds is 12. The molecule has 0 unspecified atom stereocenters. The number of benzene rings is 8. The van der Waals surface area contributed by atoms with Gasteiger partial charge in [0, 0.05) is 47.2 Å². The molecule has 0 fully saturated rings. The molecule has 8 aromatic carbocycles. The number of nitrogens with one attached hydrogen (secondary N) is 4. The van der Waals surface area contributed by atoms with Crippen molar-refractivity contribution in [1.82, 2.24) is 40.8 Å². The third kappa shape index (κ3) is 14.7. The van der Waals surface area contributed by atoms with Crippen LogP contribution >= 0.6 is 0 Å². The van der Waals surface area contributed by atoms with Gasteiger partial charge in [-0.25, -0.2) is 39.2 Å². The summed E-state index contributed by atoms with van der Waals surface area (Å²) < 4.78 is 56.9. The number of carboxylic acid groups (broad SMARTS) is 3. The molecule has 0 spiro atoms. The first-order chi connectivity index (χ1) is 42.7. The lowest BCUT2D eigenvalue weighted by molar-refractivity contribution is -0.138. The van der Waals surface area contributed by atoms with Gasteiger partial charge >= 0.3 is 24.1 Å². The first kappa shape index (κ1) is 61.8. The molecule has 89 heavy (non-hydrogen) atoms. The Morgan fingerprint density at radius 2 is 0.775 bits per heavy atom. The summed E-state index contributed by atoms with van der Waals surface area (Å²) in [5, 5.41) is 58.4. The number of aryl methyl sites for hydroxylation is 1. The number of aromatic carboxylic acids is 3. The number of hydrogen-bond donors (Lipinski definition) is 7. The Morgan fingerprint density at radius 3 is 1.13 bits per heavy atom. The standard InChI is InChI=1S/C17H13F3N2O.C17H14N2O4.C16H11FN2O3.C16H12N2O3/c1-10-8-11(6-7-14(10)17(18,19)20)9-15-12-4-2-3-5-13(12)16(23)22-21-15;1-23-15-7-6-10(8-13(15)17(21)22)9-14-11-4-2-3-5-12(11)16(20)19-18-14;17-13-6-5-9(7-12(13)16(21)22)8-14-10-3-1-2-4-11(10)15(20)19-18-14;19-15-13-7-2-1-6-12(13)14(17-18-15)9-10-4-3-5-11(8-10)16(20)21/h2-8H,9H2,1H3,(H,22,23);2-8H,9H2,1H3,(H,19,20)(H,21,22);1-7H,8H2,(H,19,20)(H,21,22);1-8H,9H2,(H,18,19)(H,20,21). The summed E-state index contributed by atoms with van der Waals surface area (Å²) in [7, 11) is 1.43. The maximum Gasteiger partial charge on any atom is 0.416 e. The minimum atomic E-state index is -4.36. The smallest absolute Gasteiger partial charge is 0.416 e. The van der Waals surface area contributed by atoms with Crippen LogP contribution in [0.2, 0.25) is 0 Å². The number of carbonyl (C=O) groups is 3. The van der Waals surface area contributed by atoms with Crippen molar-refractivity contribution in [3.05, 3.63) is 296 Å². The molecule has 0 radical (unpaired) electrons. The number of ether oxygens (including phenoxy) is 1. The van der Waals surface area contributed by atoms with E-state index in [0.717, 1.165) is 34.0 Å². The van der Waals surface area contributed by atoms with Gasteiger partial charge in [-0.1, -0.05) is 109 Å². The van der Waals surface area contributed by atoms with Crippen LogP contribution in [0.15, 0.2) is 195 Å². The van der Waals surface area contributed by atoms with Gasteiger partial charge in [-0.3, -0.25) is 19.2 Å². The number of alkyl halides is 3. The number of halogens is 4. The van der Waals surface area contributed by atoms with Crippen molar-refractivity contribution in [2.24, 2.45) is 0 Å². The largest absolute Gasteiger partial charge is 0.496 e. The molecule has 0 saturated heterocycles. The average molecular weight is 1210 g/mol. The highest BCUT2D eigenvalue weighted by Crippen LogP contribution is 2.33. The van der Waals surface area contributed by atoms with E-state index in [1.165, 1.54) is 38.3 Å².